The Hall–Kier alpha value is -1.44. The normalized spacial score (nSPS) is 16.8. The predicted octanol–water partition coefficient (Wildman–Crippen LogP) is 6.44. The molecule has 0 N–H and O–H groups in total. The van der Waals surface area contributed by atoms with E-state index >= 15 is 0 Å². The molecule has 1 aliphatic rings. The van der Waals surface area contributed by atoms with Gasteiger partial charge in [-0.05, 0) is 73.0 Å². The average molecular weight is 526 g/mol. The number of carbonyl (C=O) groups excluding carboxylic acids is 2. The average Bonchev–Trinajstić information content (AvgIpc) is 2.85. The second-order valence-corrected chi connectivity index (χ2v) is 11.3. The van der Waals surface area contributed by atoms with Crippen LogP contribution in [0.25, 0.3) is 0 Å². The van der Waals surface area contributed by atoms with Crippen molar-refractivity contribution in [3.63, 3.8) is 0 Å². The SMILES string of the molecule is CCCCCC/C=C\CCCCCCCC(=O)OCC1(COC(=O)CCCN(C)C)COC(C)(C)OC1. The molecule has 37 heavy (non-hydrogen) atoms. The van der Waals surface area contributed by atoms with E-state index in [2.05, 4.69) is 19.1 Å². The molecule has 1 aliphatic heterocycles. The zero-order valence-electron chi connectivity index (χ0n) is 24.5. The summed E-state index contributed by atoms with van der Waals surface area (Å²) in [5.74, 6) is -1.17. The van der Waals surface area contributed by atoms with Crippen molar-refractivity contribution in [2.75, 3.05) is 47.1 Å². The van der Waals surface area contributed by atoms with Crippen LogP contribution >= 0.6 is 0 Å². The Morgan fingerprint density at radius 3 is 1.78 bits per heavy atom. The summed E-state index contributed by atoms with van der Waals surface area (Å²) < 4.78 is 22.8. The summed E-state index contributed by atoms with van der Waals surface area (Å²) in [5.41, 5.74) is -0.675. The molecule has 0 aromatic heterocycles. The van der Waals surface area contributed by atoms with Crippen molar-refractivity contribution in [2.24, 2.45) is 5.41 Å². The molecule has 0 atom stereocenters. The minimum absolute atomic E-state index is 0.115. The van der Waals surface area contributed by atoms with Crippen LogP contribution in [0, 0.1) is 5.41 Å². The van der Waals surface area contributed by atoms with E-state index in [-0.39, 0.29) is 25.2 Å². The number of hydrogen-bond donors (Lipinski definition) is 0. The van der Waals surface area contributed by atoms with Gasteiger partial charge in [0.15, 0.2) is 5.79 Å². The summed E-state index contributed by atoms with van der Waals surface area (Å²) in [7, 11) is 3.95. The highest BCUT2D eigenvalue weighted by Gasteiger charge is 2.42. The van der Waals surface area contributed by atoms with Gasteiger partial charge in [0.05, 0.1) is 18.6 Å². The fraction of sp³-hybridized carbons (Fsp3) is 0.867. The molecule has 1 saturated heterocycles. The third kappa shape index (κ3) is 17.7. The molecular weight excluding hydrogens is 470 g/mol. The van der Waals surface area contributed by atoms with Crippen molar-refractivity contribution >= 4 is 11.9 Å². The molecule has 0 saturated carbocycles. The molecule has 1 fully saturated rings. The number of ether oxygens (including phenoxy) is 4. The van der Waals surface area contributed by atoms with Gasteiger partial charge in [0.2, 0.25) is 0 Å². The lowest BCUT2D eigenvalue weighted by Gasteiger charge is -2.42. The van der Waals surface area contributed by atoms with E-state index in [0.29, 0.717) is 26.1 Å². The summed E-state index contributed by atoms with van der Waals surface area (Å²) in [4.78, 5) is 26.6. The van der Waals surface area contributed by atoms with E-state index in [1.165, 1.54) is 44.9 Å². The predicted molar refractivity (Wildman–Crippen MR) is 148 cm³/mol. The van der Waals surface area contributed by atoms with Crippen molar-refractivity contribution < 1.29 is 28.5 Å². The summed E-state index contributed by atoms with van der Waals surface area (Å²) in [6, 6.07) is 0. The van der Waals surface area contributed by atoms with Crippen molar-refractivity contribution in [1.29, 1.82) is 0 Å². The van der Waals surface area contributed by atoms with Gasteiger partial charge in [-0.1, -0.05) is 57.6 Å². The highest BCUT2D eigenvalue weighted by atomic mass is 16.7. The first-order chi connectivity index (χ1) is 17.7. The highest BCUT2D eigenvalue weighted by Crippen LogP contribution is 2.31. The summed E-state index contributed by atoms with van der Waals surface area (Å²) in [5, 5.41) is 0. The van der Waals surface area contributed by atoms with E-state index in [1.807, 2.05) is 32.8 Å². The number of carbonyl (C=O) groups is 2. The molecule has 0 spiro atoms. The monoisotopic (exact) mass is 525 g/mol. The van der Waals surface area contributed by atoms with Gasteiger partial charge in [0, 0.05) is 12.8 Å². The van der Waals surface area contributed by atoms with Crippen LogP contribution in [0.5, 0.6) is 0 Å². The third-order valence-corrected chi connectivity index (χ3v) is 6.66. The van der Waals surface area contributed by atoms with E-state index in [9.17, 15) is 9.59 Å². The molecule has 7 nitrogen and oxygen atoms in total. The van der Waals surface area contributed by atoms with Crippen LogP contribution in [-0.4, -0.2) is 69.7 Å². The zero-order chi connectivity index (χ0) is 27.4. The lowest BCUT2D eigenvalue weighted by atomic mass is 9.91. The quantitative estimate of drug-likeness (QED) is 0.0969. The Labute approximate surface area is 226 Å². The molecule has 0 unspecified atom stereocenters. The topological polar surface area (TPSA) is 74.3 Å². The van der Waals surface area contributed by atoms with E-state index in [4.69, 9.17) is 18.9 Å². The first-order valence-electron chi connectivity index (χ1n) is 14.6. The highest BCUT2D eigenvalue weighted by molar-refractivity contribution is 5.69. The fourth-order valence-electron chi connectivity index (χ4n) is 4.08. The van der Waals surface area contributed by atoms with Crippen LogP contribution in [0.4, 0.5) is 0 Å². The van der Waals surface area contributed by atoms with Crippen LogP contribution in [0.15, 0.2) is 12.2 Å². The Balaban J connectivity index is 2.24. The Morgan fingerprint density at radius 2 is 1.24 bits per heavy atom. The van der Waals surface area contributed by atoms with Gasteiger partial charge in [0.1, 0.15) is 13.2 Å². The molecule has 0 radical (unpaired) electrons. The van der Waals surface area contributed by atoms with E-state index in [0.717, 1.165) is 38.6 Å². The Kier molecular flexibility index (Phi) is 17.8. The molecular formula is C30H55NO6. The van der Waals surface area contributed by atoms with E-state index in [1.54, 1.807) is 0 Å². The minimum atomic E-state index is -0.701. The number of hydrogen-bond acceptors (Lipinski definition) is 7. The largest absolute Gasteiger partial charge is 0.465 e. The maximum atomic E-state index is 12.4. The second-order valence-electron chi connectivity index (χ2n) is 11.3. The van der Waals surface area contributed by atoms with Crippen LogP contribution in [0.2, 0.25) is 0 Å². The van der Waals surface area contributed by atoms with Gasteiger partial charge in [-0.2, -0.15) is 0 Å². The molecule has 0 bridgehead atoms. The van der Waals surface area contributed by atoms with Crippen LogP contribution in [0.1, 0.15) is 111 Å². The number of esters is 2. The first-order valence-corrected chi connectivity index (χ1v) is 14.6. The third-order valence-electron chi connectivity index (χ3n) is 6.66. The second kappa shape index (κ2) is 19.6. The molecule has 1 heterocycles. The number of nitrogens with zero attached hydrogens (tertiary/aromatic N) is 1. The van der Waals surface area contributed by atoms with Crippen molar-refractivity contribution in [2.45, 2.75) is 116 Å². The summed E-state index contributed by atoms with van der Waals surface area (Å²) in [6.45, 7) is 7.63. The first kappa shape index (κ1) is 33.6. The number of allylic oxidation sites excluding steroid dienone is 2. The van der Waals surface area contributed by atoms with Gasteiger partial charge in [0.25, 0.3) is 0 Å². The van der Waals surface area contributed by atoms with Crippen molar-refractivity contribution in [1.82, 2.24) is 4.90 Å². The van der Waals surface area contributed by atoms with Crippen LogP contribution in [-0.2, 0) is 28.5 Å². The van der Waals surface area contributed by atoms with Crippen molar-refractivity contribution in [3.8, 4) is 0 Å². The fourth-order valence-corrected chi connectivity index (χ4v) is 4.08. The van der Waals surface area contributed by atoms with Crippen molar-refractivity contribution in [3.05, 3.63) is 12.2 Å². The van der Waals surface area contributed by atoms with Crippen LogP contribution in [0.3, 0.4) is 0 Å². The molecule has 0 aliphatic carbocycles. The smallest absolute Gasteiger partial charge is 0.305 e. The minimum Gasteiger partial charge on any atom is -0.465 e. The number of rotatable bonds is 21. The molecule has 0 amide bonds. The molecule has 0 aromatic carbocycles. The van der Waals surface area contributed by atoms with Gasteiger partial charge < -0.3 is 23.8 Å². The Morgan fingerprint density at radius 1 is 0.757 bits per heavy atom. The molecule has 7 heteroatoms. The molecule has 0 aromatic rings. The van der Waals surface area contributed by atoms with Gasteiger partial charge in [-0.15, -0.1) is 0 Å². The van der Waals surface area contributed by atoms with Gasteiger partial charge in [-0.25, -0.2) is 0 Å². The maximum Gasteiger partial charge on any atom is 0.305 e. The van der Waals surface area contributed by atoms with Gasteiger partial charge >= 0.3 is 11.9 Å². The molecule has 1 rings (SSSR count). The number of unbranched alkanes of at least 4 members (excludes halogenated alkanes) is 9. The van der Waals surface area contributed by atoms with E-state index < -0.39 is 11.2 Å². The molecule has 216 valence electrons. The maximum absolute atomic E-state index is 12.4. The zero-order valence-corrected chi connectivity index (χ0v) is 24.5. The van der Waals surface area contributed by atoms with Crippen LogP contribution < -0.4 is 0 Å². The summed E-state index contributed by atoms with van der Waals surface area (Å²) in [6.07, 6.45) is 19.2. The standard InChI is InChI=1S/C30H55NO6/c1-6-7-8-9-10-11-12-13-14-15-16-17-18-20-27(32)34-23-30(25-36-29(2,3)37-26-30)24-35-28(33)21-19-22-31(4)5/h11-12H,6-10,13-26H2,1-5H3/b12-11-. The lowest BCUT2D eigenvalue weighted by molar-refractivity contribution is -0.296. The Bertz CT molecular complexity index is 636. The van der Waals surface area contributed by atoms with Gasteiger partial charge in [-0.3, -0.25) is 9.59 Å². The lowest BCUT2D eigenvalue weighted by Crippen LogP contribution is -2.51. The summed E-state index contributed by atoms with van der Waals surface area (Å²) >= 11 is 0.